The van der Waals surface area contributed by atoms with Crippen LogP contribution in [0.2, 0.25) is 0 Å². The van der Waals surface area contributed by atoms with Gasteiger partial charge in [0.25, 0.3) is 0 Å². The summed E-state index contributed by atoms with van der Waals surface area (Å²) >= 11 is 0. The third kappa shape index (κ3) is 5.23. The summed E-state index contributed by atoms with van der Waals surface area (Å²) in [7, 11) is -3.99. The first kappa shape index (κ1) is 22.2. The van der Waals surface area contributed by atoms with E-state index >= 15 is 0 Å². The van der Waals surface area contributed by atoms with E-state index in [9.17, 15) is 21.6 Å². The number of hydrogen-bond donors (Lipinski definition) is 0. The number of nitrogens with zero attached hydrogens (tertiary/aromatic N) is 1. The molecule has 1 fully saturated rings. The van der Waals surface area contributed by atoms with Crippen molar-refractivity contribution in [3.63, 3.8) is 0 Å². The Morgan fingerprint density at radius 2 is 1.56 bits per heavy atom. The van der Waals surface area contributed by atoms with E-state index in [1.165, 1.54) is 0 Å². The zero-order valence-electron chi connectivity index (χ0n) is 16.8. The van der Waals surface area contributed by atoms with Gasteiger partial charge < -0.3 is 9.47 Å². The second-order valence-corrected chi connectivity index (χ2v) is 9.10. The third-order valence-corrected chi connectivity index (χ3v) is 6.47. The minimum atomic E-state index is -4.65. The Morgan fingerprint density at radius 1 is 0.938 bits per heavy atom. The number of sulfonamides is 1. The van der Waals surface area contributed by atoms with Gasteiger partial charge in [-0.3, -0.25) is 0 Å². The molecule has 0 radical (unpaired) electrons. The average molecular weight is 463 g/mol. The number of anilines is 2. The first-order valence-corrected chi connectivity index (χ1v) is 11.4. The summed E-state index contributed by atoms with van der Waals surface area (Å²) in [4.78, 5) is 0. The van der Waals surface area contributed by atoms with Gasteiger partial charge in [0.05, 0.1) is 29.3 Å². The van der Waals surface area contributed by atoms with E-state index in [2.05, 4.69) is 0 Å². The standard InChI is InChI=1S/C23H20F3NO4S/c24-23(25,26)21-12-11-19(13-22(21)31-15-20-14-30-20)27(18-9-5-2-6-10-18)32(28,29)16-17-7-3-1-4-8-17/h1-13,20H,14-16H2. The van der Waals surface area contributed by atoms with Crippen LogP contribution in [-0.2, 0) is 26.7 Å². The monoisotopic (exact) mass is 463 g/mol. The number of hydrogen-bond acceptors (Lipinski definition) is 4. The van der Waals surface area contributed by atoms with Crippen molar-refractivity contribution < 1.29 is 31.1 Å². The molecule has 1 aliphatic heterocycles. The van der Waals surface area contributed by atoms with Gasteiger partial charge >= 0.3 is 6.18 Å². The van der Waals surface area contributed by atoms with E-state index in [0.717, 1.165) is 22.5 Å². The molecule has 32 heavy (non-hydrogen) atoms. The predicted molar refractivity (Wildman–Crippen MR) is 114 cm³/mol. The van der Waals surface area contributed by atoms with Crippen molar-refractivity contribution in [3.8, 4) is 5.75 Å². The zero-order valence-corrected chi connectivity index (χ0v) is 17.6. The van der Waals surface area contributed by atoms with Crippen molar-refractivity contribution >= 4 is 21.4 Å². The van der Waals surface area contributed by atoms with Crippen LogP contribution in [0, 0.1) is 0 Å². The molecule has 0 aromatic heterocycles. The molecule has 0 aliphatic carbocycles. The zero-order chi connectivity index (χ0) is 22.8. The molecule has 0 bridgehead atoms. The Bertz CT molecular complexity index is 1160. The maximum atomic E-state index is 13.5. The van der Waals surface area contributed by atoms with Gasteiger partial charge in [-0.2, -0.15) is 13.2 Å². The van der Waals surface area contributed by atoms with Crippen LogP contribution in [0.1, 0.15) is 11.1 Å². The summed E-state index contributed by atoms with van der Waals surface area (Å²) < 4.78 is 78.8. The highest BCUT2D eigenvalue weighted by Gasteiger charge is 2.36. The SMILES string of the molecule is O=S(=O)(Cc1ccccc1)N(c1ccccc1)c1ccc(C(F)(F)F)c(OCC2CO2)c1. The van der Waals surface area contributed by atoms with Gasteiger partial charge in [-0.15, -0.1) is 0 Å². The van der Waals surface area contributed by atoms with Gasteiger partial charge in [-0.25, -0.2) is 12.7 Å². The molecule has 168 valence electrons. The number of halogens is 3. The predicted octanol–water partition coefficient (Wildman–Crippen LogP) is 5.15. The second-order valence-electron chi connectivity index (χ2n) is 7.29. The minimum absolute atomic E-state index is 0.0470. The topological polar surface area (TPSA) is 59.1 Å². The first-order chi connectivity index (χ1) is 15.2. The molecular weight excluding hydrogens is 443 g/mol. The quantitative estimate of drug-likeness (QED) is 0.434. The Morgan fingerprint density at radius 3 is 2.16 bits per heavy atom. The molecule has 0 amide bonds. The highest BCUT2D eigenvalue weighted by molar-refractivity contribution is 7.92. The molecule has 3 aromatic carbocycles. The van der Waals surface area contributed by atoms with E-state index < -0.39 is 27.5 Å². The smallest absolute Gasteiger partial charge is 0.419 e. The highest BCUT2D eigenvalue weighted by atomic mass is 32.2. The van der Waals surface area contributed by atoms with Crippen molar-refractivity contribution in [2.24, 2.45) is 0 Å². The molecular formula is C23H20F3NO4S. The lowest BCUT2D eigenvalue weighted by atomic mass is 10.1. The van der Waals surface area contributed by atoms with Gasteiger partial charge in [0.15, 0.2) is 0 Å². The van der Waals surface area contributed by atoms with Crippen LogP contribution in [0.25, 0.3) is 0 Å². The van der Waals surface area contributed by atoms with Crippen LogP contribution in [-0.4, -0.2) is 27.7 Å². The van der Waals surface area contributed by atoms with Crippen molar-refractivity contribution in [2.75, 3.05) is 17.5 Å². The van der Waals surface area contributed by atoms with E-state index in [4.69, 9.17) is 9.47 Å². The van der Waals surface area contributed by atoms with Crippen molar-refractivity contribution in [3.05, 3.63) is 90.0 Å². The lowest BCUT2D eigenvalue weighted by molar-refractivity contribution is -0.139. The van der Waals surface area contributed by atoms with Gasteiger partial charge in [0.2, 0.25) is 10.0 Å². The van der Waals surface area contributed by atoms with Crippen LogP contribution in [0.15, 0.2) is 78.9 Å². The lowest BCUT2D eigenvalue weighted by Gasteiger charge is -2.26. The minimum Gasteiger partial charge on any atom is -0.490 e. The van der Waals surface area contributed by atoms with Gasteiger partial charge in [-0.1, -0.05) is 48.5 Å². The van der Waals surface area contributed by atoms with Crippen LogP contribution in [0.5, 0.6) is 5.75 Å². The highest BCUT2D eigenvalue weighted by Crippen LogP contribution is 2.41. The Kier molecular flexibility index (Phi) is 6.12. The number of alkyl halides is 3. The van der Waals surface area contributed by atoms with Gasteiger partial charge in [0.1, 0.15) is 18.5 Å². The summed E-state index contributed by atoms with van der Waals surface area (Å²) in [5.74, 6) is -0.767. The number of benzene rings is 3. The Balaban J connectivity index is 1.78. The molecule has 1 aliphatic rings. The summed E-state index contributed by atoms with van der Waals surface area (Å²) in [6.07, 6.45) is -4.91. The number of rotatable bonds is 8. The number of para-hydroxylation sites is 1. The molecule has 0 spiro atoms. The molecule has 1 heterocycles. The number of epoxide rings is 1. The largest absolute Gasteiger partial charge is 0.490 e. The van der Waals surface area contributed by atoms with Crippen molar-refractivity contribution in [2.45, 2.75) is 18.0 Å². The molecule has 1 atom stereocenters. The first-order valence-electron chi connectivity index (χ1n) is 9.82. The average Bonchev–Trinajstić information content (AvgIpc) is 3.57. The fraction of sp³-hybridized carbons (Fsp3) is 0.217. The van der Waals surface area contributed by atoms with Crippen LogP contribution >= 0.6 is 0 Å². The van der Waals surface area contributed by atoms with Crippen molar-refractivity contribution in [1.82, 2.24) is 0 Å². The summed E-state index contributed by atoms with van der Waals surface area (Å²) in [5, 5.41) is 0. The Labute approximate surface area is 184 Å². The fourth-order valence-corrected chi connectivity index (χ4v) is 4.84. The maximum absolute atomic E-state index is 13.5. The van der Waals surface area contributed by atoms with Crippen LogP contribution in [0.4, 0.5) is 24.5 Å². The van der Waals surface area contributed by atoms with E-state index in [0.29, 0.717) is 17.9 Å². The normalized spacial score (nSPS) is 15.9. The molecule has 1 saturated heterocycles. The summed E-state index contributed by atoms with van der Waals surface area (Å²) in [5.41, 5.74) is -0.0652. The third-order valence-electron chi connectivity index (χ3n) is 4.79. The summed E-state index contributed by atoms with van der Waals surface area (Å²) in [6, 6.07) is 19.9. The Hall–Kier alpha value is -3.04. The molecule has 3 aromatic rings. The van der Waals surface area contributed by atoms with Gasteiger partial charge in [0, 0.05) is 6.07 Å². The van der Waals surface area contributed by atoms with Gasteiger partial charge in [-0.05, 0) is 29.8 Å². The van der Waals surface area contributed by atoms with E-state index in [1.54, 1.807) is 60.7 Å². The van der Waals surface area contributed by atoms with E-state index in [1.807, 2.05) is 0 Å². The second kappa shape index (κ2) is 8.84. The van der Waals surface area contributed by atoms with Crippen LogP contribution < -0.4 is 9.04 Å². The fourth-order valence-electron chi connectivity index (χ4n) is 3.22. The molecule has 0 N–H and O–H groups in total. The van der Waals surface area contributed by atoms with Crippen molar-refractivity contribution in [1.29, 1.82) is 0 Å². The van der Waals surface area contributed by atoms with E-state index in [-0.39, 0.29) is 24.2 Å². The molecule has 9 heteroatoms. The van der Waals surface area contributed by atoms with Crippen LogP contribution in [0.3, 0.4) is 0 Å². The molecule has 0 saturated carbocycles. The molecule has 5 nitrogen and oxygen atoms in total. The maximum Gasteiger partial charge on any atom is 0.419 e. The lowest BCUT2D eigenvalue weighted by Crippen LogP contribution is -2.28. The summed E-state index contributed by atoms with van der Waals surface area (Å²) in [6.45, 7) is 0.372. The molecule has 4 rings (SSSR count). The molecule has 1 unspecified atom stereocenters. The number of ether oxygens (including phenoxy) is 2.